The number of carbonyl (C=O) groups excluding carboxylic acids is 1. The maximum atomic E-state index is 11.0. The zero-order valence-corrected chi connectivity index (χ0v) is 8.29. The van der Waals surface area contributed by atoms with E-state index in [9.17, 15) is 4.79 Å². The fourth-order valence-corrected chi connectivity index (χ4v) is 2.11. The minimum atomic E-state index is -0.421. The van der Waals surface area contributed by atoms with Crippen molar-refractivity contribution in [2.45, 2.75) is 38.4 Å². The molecule has 3 unspecified atom stereocenters. The van der Waals surface area contributed by atoms with Gasteiger partial charge >= 0.3 is 5.97 Å². The van der Waals surface area contributed by atoms with Crippen LogP contribution in [-0.2, 0) is 14.3 Å². The van der Waals surface area contributed by atoms with Crippen molar-refractivity contribution in [3.8, 4) is 11.8 Å². The average molecular weight is 194 g/mol. The summed E-state index contributed by atoms with van der Waals surface area (Å²) in [6.07, 6.45) is 3.88. The summed E-state index contributed by atoms with van der Waals surface area (Å²) < 4.78 is 10.4. The smallest absolute Gasteiger partial charge is 0.384 e. The molecule has 2 rings (SSSR count). The van der Waals surface area contributed by atoms with E-state index in [2.05, 4.69) is 11.8 Å². The van der Waals surface area contributed by atoms with E-state index in [1.807, 2.05) is 0 Å². The van der Waals surface area contributed by atoms with E-state index >= 15 is 0 Å². The van der Waals surface area contributed by atoms with Gasteiger partial charge in [-0.1, -0.05) is 5.92 Å². The van der Waals surface area contributed by atoms with E-state index in [0.717, 1.165) is 19.3 Å². The number of hydrogen-bond acceptors (Lipinski definition) is 3. The molecule has 3 atom stereocenters. The molecule has 3 heteroatoms. The van der Waals surface area contributed by atoms with E-state index in [1.54, 1.807) is 6.92 Å². The van der Waals surface area contributed by atoms with Gasteiger partial charge in [-0.2, -0.15) is 0 Å². The van der Waals surface area contributed by atoms with Crippen LogP contribution in [0.15, 0.2) is 0 Å². The van der Waals surface area contributed by atoms with Crippen molar-refractivity contribution in [2.24, 2.45) is 5.92 Å². The number of fused-ring (bicyclic) bond motifs is 2. The van der Waals surface area contributed by atoms with E-state index in [-0.39, 0.29) is 12.0 Å². The van der Waals surface area contributed by atoms with Crippen molar-refractivity contribution >= 4 is 5.97 Å². The van der Waals surface area contributed by atoms with Gasteiger partial charge in [-0.3, -0.25) is 0 Å². The maximum absolute atomic E-state index is 11.0. The molecule has 76 valence electrons. The fraction of sp³-hybridized carbons (Fsp3) is 0.727. The Morgan fingerprint density at radius 2 is 2.43 bits per heavy atom. The number of esters is 1. The zero-order valence-electron chi connectivity index (χ0n) is 8.29. The molecular weight excluding hydrogens is 180 g/mol. The number of carbonyl (C=O) groups is 1. The Morgan fingerprint density at radius 1 is 1.57 bits per heavy atom. The number of rotatable bonds is 1. The summed E-state index contributed by atoms with van der Waals surface area (Å²) in [5.41, 5.74) is 0. The van der Waals surface area contributed by atoms with Crippen LogP contribution in [0.2, 0.25) is 0 Å². The van der Waals surface area contributed by atoms with Gasteiger partial charge in [-0.05, 0) is 26.2 Å². The van der Waals surface area contributed by atoms with Crippen LogP contribution >= 0.6 is 0 Å². The van der Waals surface area contributed by atoms with Crippen LogP contribution in [0.4, 0.5) is 0 Å². The monoisotopic (exact) mass is 194 g/mol. The molecule has 0 aromatic rings. The predicted molar refractivity (Wildman–Crippen MR) is 50.4 cm³/mol. The molecule has 2 fully saturated rings. The van der Waals surface area contributed by atoms with Crippen molar-refractivity contribution in [1.82, 2.24) is 0 Å². The van der Waals surface area contributed by atoms with Crippen molar-refractivity contribution in [2.75, 3.05) is 6.61 Å². The lowest BCUT2D eigenvalue weighted by Gasteiger charge is -2.11. The average Bonchev–Trinajstić information content (AvgIpc) is 2.76. The standard InChI is InChI=1S/C11H14O3/c1-2-13-11(12)6-3-8-7-9-4-5-10(8)14-9/h8-10H,2,4-5,7H2,1H3. The Morgan fingerprint density at radius 3 is 3.00 bits per heavy atom. The highest BCUT2D eigenvalue weighted by Crippen LogP contribution is 2.38. The summed E-state index contributed by atoms with van der Waals surface area (Å²) in [5, 5.41) is 0. The third kappa shape index (κ3) is 1.91. The minimum Gasteiger partial charge on any atom is -0.456 e. The second kappa shape index (κ2) is 4.02. The van der Waals surface area contributed by atoms with Gasteiger partial charge in [0.15, 0.2) is 0 Å². The lowest BCUT2D eigenvalue weighted by molar-refractivity contribution is -0.136. The molecular formula is C11H14O3. The topological polar surface area (TPSA) is 35.5 Å². The minimum absolute atomic E-state index is 0.248. The molecule has 0 amide bonds. The van der Waals surface area contributed by atoms with Gasteiger partial charge in [-0.15, -0.1) is 0 Å². The van der Waals surface area contributed by atoms with Gasteiger partial charge in [0.05, 0.1) is 18.8 Å². The highest BCUT2D eigenvalue weighted by atomic mass is 16.5. The fourth-order valence-electron chi connectivity index (χ4n) is 2.11. The van der Waals surface area contributed by atoms with Crippen LogP contribution in [0.5, 0.6) is 0 Å². The van der Waals surface area contributed by atoms with Gasteiger partial charge in [-0.25, -0.2) is 4.79 Å². The molecule has 0 aromatic heterocycles. The van der Waals surface area contributed by atoms with Crippen LogP contribution < -0.4 is 0 Å². The number of ether oxygens (including phenoxy) is 2. The molecule has 0 saturated carbocycles. The molecule has 0 N–H and O–H groups in total. The quantitative estimate of drug-likeness (QED) is 0.356. The third-order valence-corrected chi connectivity index (χ3v) is 2.74. The van der Waals surface area contributed by atoms with Gasteiger partial charge in [0.2, 0.25) is 0 Å². The summed E-state index contributed by atoms with van der Waals surface area (Å²) in [6.45, 7) is 2.17. The molecule has 2 saturated heterocycles. The normalized spacial score (nSPS) is 33.6. The number of hydrogen-bond donors (Lipinski definition) is 0. The van der Waals surface area contributed by atoms with Crippen molar-refractivity contribution < 1.29 is 14.3 Å². The van der Waals surface area contributed by atoms with Gasteiger partial charge in [0, 0.05) is 11.8 Å². The van der Waals surface area contributed by atoms with Crippen LogP contribution in [0.25, 0.3) is 0 Å². The lowest BCUT2D eigenvalue weighted by atomic mass is 9.90. The molecule has 0 aromatic carbocycles. The summed E-state index contributed by atoms with van der Waals surface area (Å²) in [4.78, 5) is 11.0. The predicted octanol–water partition coefficient (Wildman–Crippen LogP) is 1.12. The van der Waals surface area contributed by atoms with E-state index in [4.69, 9.17) is 9.47 Å². The van der Waals surface area contributed by atoms with Crippen LogP contribution in [-0.4, -0.2) is 24.8 Å². The SMILES string of the molecule is CCOC(=O)C#CC1CC2CCC1O2. The Kier molecular flexibility index (Phi) is 2.74. The van der Waals surface area contributed by atoms with Crippen molar-refractivity contribution in [3.05, 3.63) is 0 Å². The first-order chi connectivity index (χ1) is 6.79. The van der Waals surface area contributed by atoms with Crippen LogP contribution in [0.1, 0.15) is 26.2 Å². The summed E-state index contributed by atoms with van der Waals surface area (Å²) in [5.74, 6) is 5.29. The second-order valence-corrected chi connectivity index (χ2v) is 3.71. The van der Waals surface area contributed by atoms with Crippen LogP contribution in [0, 0.1) is 17.8 Å². The molecule has 2 bridgehead atoms. The zero-order chi connectivity index (χ0) is 9.97. The first-order valence-corrected chi connectivity index (χ1v) is 5.13. The Bertz CT molecular complexity index is 287. The van der Waals surface area contributed by atoms with E-state index in [1.165, 1.54) is 0 Å². The summed E-state index contributed by atoms with van der Waals surface area (Å²) in [7, 11) is 0. The third-order valence-electron chi connectivity index (χ3n) is 2.74. The first-order valence-electron chi connectivity index (χ1n) is 5.13. The summed E-state index contributed by atoms with van der Waals surface area (Å²) >= 11 is 0. The molecule has 2 aliphatic heterocycles. The molecule has 2 heterocycles. The molecule has 14 heavy (non-hydrogen) atoms. The van der Waals surface area contributed by atoms with Gasteiger partial charge in [0.25, 0.3) is 0 Å². The largest absolute Gasteiger partial charge is 0.456 e. The summed E-state index contributed by atoms with van der Waals surface area (Å²) in [6, 6.07) is 0. The van der Waals surface area contributed by atoms with Gasteiger partial charge < -0.3 is 9.47 Å². The Balaban J connectivity index is 1.88. The first kappa shape index (κ1) is 9.54. The Labute approximate surface area is 83.8 Å². The van der Waals surface area contributed by atoms with Crippen molar-refractivity contribution in [1.29, 1.82) is 0 Å². The molecule has 0 spiro atoms. The lowest BCUT2D eigenvalue weighted by Crippen LogP contribution is -2.14. The van der Waals surface area contributed by atoms with Crippen LogP contribution in [0.3, 0.4) is 0 Å². The molecule has 0 radical (unpaired) electrons. The highest BCUT2D eigenvalue weighted by Gasteiger charge is 2.39. The van der Waals surface area contributed by atoms with E-state index in [0.29, 0.717) is 12.7 Å². The van der Waals surface area contributed by atoms with Gasteiger partial charge in [0.1, 0.15) is 0 Å². The molecule has 0 aliphatic carbocycles. The molecule has 3 nitrogen and oxygen atoms in total. The maximum Gasteiger partial charge on any atom is 0.384 e. The molecule has 2 aliphatic rings. The van der Waals surface area contributed by atoms with E-state index < -0.39 is 5.97 Å². The Hall–Kier alpha value is -1.01. The highest BCUT2D eigenvalue weighted by molar-refractivity contribution is 5.88. The van der Waals surface area contributed by atoms with Crippen molar-refractivity contribution in [3.63, 3.8) is 0 Å². The second-order valence-electron chi connectivity index (χ2n) is 3.71.